The highest BCUT2D eigenvalue weighted by molar-refractivity contribution is 7.18. The molecular weight excluding hydrogens is 483 g/mol. The highest BCUT2D eigenvalue weighted by Gasteiger charge is 2.39. The van der Waals surface area contributed by atoms with Gasteiger partial charge < -0.3 is 20.3 Å². The number of nitrogens with one attached hydrogen (secondary N) is 2. The number of carbonyl (C=O) groups excluding carboxylic acids is 1. The number of para-hydroxylation sites is 1. The minimum atomic E-state index is -0.755. The molecule has 6 rings (SSSR count). The van der Waals surface area contributed by atoms with Crippen molar-refractivity contribution in [2.45, 2.75) is 25.4 Å². The van der Waals surface area contributed by atoms with E-state index in [4.69, 9.17) is 9.72 Å². The predicted molar refractivity (Wildman–Crippen MR) is 136 cm³/mol. The molecule has 2 aromatic carbocycles. The maximum absolute atomic E-state index is 14.6. The number of thiazole rings is 1. The molecule has 4 heterocycles. The first-order chi connectivity index (χ1) is 17.4. The second-order valence-corrected chi connectivity index (χ2v) is 10.1. The SMILES string of the molecule is COc1cccc(F)c1-n1nccc(C(=O)Nc2ccc3sc(C)nc3c2N2C[C@@H]3C[C@H]2CN3)c1=O. The van der Waals surface area contributed by atoms with Crippen LogP contribution >= 0.6 is 11.3 Å². The van der Waals surface area contributed by atoms with E-state index in [1.165, 1.54) is 37.6 Å². The Bertz CT molecular complexity index is 1570. The fourth-order valence-electron chi connectivity index (χ4n) is 5.12. The summed E-state index contributed by atoms with van der Waals surface area (Å²) in [5.74, 6) is -1.17. The summed E-state index contributed by atoms with van der Waals surface area (Å²) in [6, 6.07) is 10.0. The van der Waals surface area contributed by atoms with Gasteiger partial charge in [-0.15, -0.1) is 11.3 Å². The van der Waals surface area contributed by atoms with Crippen LogP contribution in [0.2, 0.25) is 0 Å². The molecule has 2 aliphatic rings. The van der Waals surface area contributed by atoms with Crippen molar-refractivity contribution in [3.8, 4) is 11.4 Å². The van der Waals surface area contributed by atoms with E-state index in [1.54, 1.807) is 11.3 Å². The molecule has 9 nitrogen and oxygen atoms in total. The van der Waals surface area contributed by atoms with Gasteiger partial charge in [0.25, 0.3) is 11.5 Å². The molecule has 4 aromatic rings. The van der Waals surface area contributed by atoms with Gasteiger partial charge in [0.15, 0.2) is 5.82 Å². The summed E-state index contributed by atoms with van der Waals surface area (Å²) in [5.41, 5.74) is 1.21. The number of piperazine rings is 1. The van der Waals surface area contributed by atoms with Gasteiger partial charge in [0, 0.05) is 31.4 Å². The minimum Gasteiger partial charge on any atom is -0.494 e. The monoisotopic (exact) mass is 506 g/mol. The molecule has 0 unspecified atom stereocenters. The number of benzene rings is 2. The van der Waals surface area contributed by atoms with Gasteiger partial charge in [-0.3, -0.25) is 9.59 Å². The number of nitrogens with zero attached hydrogens (tertiary/aromatic N) is 4. The zero-order valence-corrected chi connectivity index (χ0v) is 20.4. The number of halogens is 1. The molecule has 2 atom stereocenters. The zero-order chi connectivity index (χ0) is 25.0. The molecule has 2 fully saturated rings. The second-order valence-electron chi connectivity index (χ2n) is 8.90. The first-order valence-corrected chi connectivity index (χ1v) is 12.4. The van der Waals surface area contributed by atoms with Crippen molar-refractivity contribution in [3.63, 3.8) is 0 Å². The normalized spacial score (nSPS) is 18.7. The molecule has 0 aliphatic carbocycles. The highest BCUT2D eigenvalue weighted by atomic mass is 32.1. The number of rotatable bonds is 5. The fourth-order valence-corrected chi connectivity index (χ4v) is 5.95. The quantitative estimate of drug-likeness (QED) is 0.429. The summed E-state index contributed by atoms with van der Waals surface area (Å²) in [5, 5.41) is 11.4. The number of aryl methyl sites for hydroxylation is 1. The van der Waals surface area contributed by atoms with Crippen molar-refractivity contribution < 1.29 is 13.9 Å². The average Bonchev–Trinajstić information content (AvgIpc) is 3.59. The lowest BCUT2D eigenvalue weighted by Crippen LogP contribution is -2.44. The zero-order valence-electron chi connectivity index (χ0n) is 19.6. The first kappa shape index (κ1) is 22.6. The summed E-state index contributed by atoms with van der Waals surface area (Å²) in [7, 11) is 1.37. The molecule has 2 N–H and O–H groups in total. The molecule has 11 heteroatoms. The molecule has 36 heavy (non-hydrogen) atoms. The van der Waals surface area contributed by atoms with Crippen LogP contribution in [0.5, 0.6) is 5.75 Å². The van der Waals surface area contributed by atoms with Crippen molar-refractivity contribution >= 4 is 38.8 Å². The van der Waals surface area contributed by atoms with Crippen LogP contribution in [-0.2, 0) is 0 Å². The molecule has 184 valence electrons. The molecule has 0 saturated carbocycles. The van der Waals surface area contributed by atoms with Crippen LogP contribution in [0, 0.1) is 12.7 Å². The van der Waals surface area contributed by atoms with Gasteiger partial charge in [0.2, 0.25) is 0 Å². The number of aromatic nitrogens is 3. The number of fused-ring (bicyclic) bond motifs is 3. The van der Waals surface area contributed by atoms with Crippen LogP contribution in [0.4, 0.5) is 15.8 Å². The van der Waals surface area contributed by atoms with Crippen LogP contribution in [0.1, 0.15) is 21.8 Å². The molecule has 0 radical (unpaired) electrons. The number of hydrogen-bond donors (Lipinski definition) is 2. The Morgan fingerprint density at radius 3 is 2.86 bits per heavy atom. The van der Waals surface area contributed by atoms with E-state index in [2.05, 4.69) is 20.6 Å². The fraction of sp³-hybridized carbons (Fsp3) is 0.280. The Hall–Kier alpha value is -3.83. The summed E-state index contributed by atoms with van der Waals surface area (Å²) < 4.78 is 21.7. The number of carbonyl (C=O) groups is 1. The van der Waals surface area contributed by atoms with E-state index >= 15 is 0 Å². The number of anilines is 2. The predicted octanol–water partition coefficient (Wildman–Crippen LogP) is 3.10. The van der Waals surface area contributed by atoms with Gasteiger partial charge >= 0.3 is 0 Å². The van der Waals surface area contributed by atoms with Gasteiger partial charge in [-0.25, -0.2) is 9.37 Å². The third kappa shape index (κ3) is 3.62. The Morgan fingerprint density at radius 2 is 2.11 bits per heavy atom. The van der Waals surface area contributed by atoms with E-state index in [1.807, 2.05) is 19.1 Å². The van der Waals surface area contributed by atoms with Crippen LogP contribution in [-0.4, -0.2) is 53.0 Å². The summed E-state index contributed by atoms with van der Waals surface area (Å²) >= 11 is 1.60. The van der Waals surface area contributed by atoms with Gasteiger partial charge in [0.1, 0.15) is 22.5 Å². The topological polar surface area (TPSA) is 101 Å². The lowest BCUT2D eigenvalue weighted by atomic mass is 10.1. The molecule has 2 bridgehead atoms. The number of hydrogen-bond acceptors (Lipinski definition) is 8. The standard InChI is InChI=1S/C25H23FN6O3S/c1-13-29-21-20(36-13)7-6-18(23(21)31-12-14-10-15(31)11-27-14)30-24(33)16-8-9-28-32(25(16)34)22-17(26)4-3-5-19(22)35-2/h3-9,14-15,27H,10-12H2,1-2H3,(H,30,33)/t14-,15-/m0/s1. The van der Waals surface area contributed by atoms with Crippen LogP contribution < -0.4 is 25.8 Å². The van der Waals surface area contributed by atoms with Crippen LogP contribution in [0.15, 0.2) is 47.4 Å². The van der Waals surface area contributed by atoms with Crippen molar-refractivity contribution in [1.29, 1.82) is 0 Å². The van der Waals surface area contributed by atoms with E-state index in [-0.39, 0.29) is 17.0 Å². The van der Waals surface area contributed by atoms with E-state index < -0.39 is 17.3 Å². The molecular formula is C25H23FN6O3S. The average molecular weight is 507 g/mol. The first-order valence-electron chi connectivity index (χ1n) is 11.6. The molecule has 2 saturated heterocycles. The van der Waals surface area contributed by atoms with E-state index in [0.29, 0.717) is 17.8 Å². The summed E-state index contributed by atoms with van der Waals surface area (Å²) in [6.07, 6.45) is 2.33. The maximum atomic E-state index is 14.6. The van der Waals surface area contributed by atoms with Crippen molar-refractivity contribution in [3.05, 3.63) is 69.3 Å². The maximum Gasteiger partial charge on any atom is 0.284 e. The van der Waals surface area contributed by atoms with Crippen molar-refractivity contribution in [1.82, 2.24) is 20.1 Å². The third-order valence-electron chi connectivity index (χ3n) is 6.71. The third-order valence-corrected chi connectivity index (χ3v) is 7.64. The van der Waals surface area contributed by atoms with Crippen molar-refractivity contribution in [2.24, 2.45) is 0 Å². The van der Waals surface area contributed by atoms with Gasteiger partial charge in [-0.1, -0.05) is 6.07 Å². The summed E-state index contributed by atoms with van der Waals surface area (Å²) in [4.78, 5) is 33.7. The largest absolute Gasteiger partial charge is 0.494 e. The Labute approximate surface area is 209 Å². The molecule has 0 spiro atoms. The number of ether oxygens (including phenoxy) is 1. The molecule has 2 aromatic heterocycles. The Kier molecular flexibility index (Phi) is 5.45. The molecule has 2 aliphatic heterocycles. The van der Waals surface area contributed by atoms with Gasteiger partial charge in [0.05, 0.1) is 28.2 Å². The van der Waals surface area contributed by atoms with Crippen molar-refractivity contribution in [2.75, 3.05) is 30.4 Å². The second kappa shape index (κ2) is 8.68. The molecule has 1 amide bonds. The summed E-state index contributed by atoms with van der Waals surface area (Å²) in [6.45, 7) is 3.65. The smallest absolute Gasteiger partial charge is 0.284 e. The number of methoxy groups -OCH3 is 1. The van der Waals surface area contributed by atoms with E-state index in [9.17, 15) is 14.0 Å². The van der Waals surface area contributed by atoms with Gasteiger partial charge in [-0.05, 0) is 43.7 Å². The van der Waals surface area contributed by atoms with Crippen LogP contribution in [0.3, 0.4) is 0 Å². The number of amides is 1. The Morgan fingerprint density at radius 1 is 1.25 bits per heavy atom. The lowest BCUT2D eigenvalue weighted by molar-refractivity contribution is 0.102. The lowest BCUT2D eigenvalue weighted by Gasteiger charge is -2.31. The Balaban J connectivity index is 1.41. The highest BCUT2D eigenvalue weighted by Crippen LogP contribution is 2.41. The van der Waals surface area contributed by atoms with Crippen LogP contribution in [0.25, 0.3) is 15.9 Å². The minimum absolute atomic E-state index is 0.131. The van der Waals surface area contributed by atoms with E-state index in [0.717, 1.165) is 45.1 Å². The van der Waals surface area contributed by atoms with Gasteiger partial charge in [-0.2, -0.15) is 9.78 Å².